The lowest BCUT2D eigenvalue weighted by molar-refractivity contribution is -0.143. The first-order chi connectivity index (χ1) is 21.7. The van der Waals surface area contributed by atoms with Crippen LogP contribution in [0, 0.1) is 0 Å². The van der Waals surface area contributed by atoms with E-state index in [0.29, 0.717) is 47.1 Å². The number of aromatic nitrogens is 3. The quantitative estimate of drug-likeness (QED) is 0.199. The molecule has 0 saturated carbocycles. The van der Waals surface area contributed by atoms with E-state index in [0.717, 1.165) is 11.3 Å². The van der Waals surface area contributed by atoms with Crippen molar-refractivity contribution >= 4 is 23.2 Å². The van der Waals surface area contributed by atoms with Crippen LogP contribution in [0.3, 0.4) is 0 Å². The number of ether oxygens (including phenoxy) is 1. The van der Waals surface area contributed by atoms with Gasteiger partial charge in [-0.05, 0) is 55.8 Å². The first-order valence-electron chi connectivity index (χ1n) is 14.3. The van der Waals surface area contributed by atoms with Crippen LogP contribution in [0.2, 0.25) is 0 Å². The highest BCUT2D eigenvalue weighted by molar-refractivity contribution is 7.12. The average Bonchev–Trinajstić information content (AvgIpc) is 3.67. The molecule has 1 aliphatic heterocycles. The van der Waals surface area contributed by atoms with Gasteiger partial charge in [-0.3, -0.25) is 9.59 Å². The number of thiazole rings is 1. The molecular weight excluding hydrogens is 636 g/mol. The molecule has 0 radical (unpaired) electrons. The van der Waals surface area contributed by atoms with Gasteiger partial charge in [0, 0.05) is 42.2 Å². The predicted octanol–water partition coefficient (Wildman–Crippen LogP) is 6.98. The molecule has 4 aromatic rings. The Hall–Kier alpha value is -4.40. The number of carbonyl (C=O) groups is 2. The van der Waals surface area contributed by atoms with Gasteiger partial charge in [-0.1, -0.05) is 13.3 Å². The van der Waals surface area contributed by atoms with Crippen molar-refractivity contribution in [1.29, 1.82) is 0 Å². The fourth-order valence-corrected chi connectivity index (χ4v) is 6.12. The number of methoxy groups -OCH3 is 1. The summed E-state index contributed by atoms with van der Waals surface area (Å²) in [5.41, 5.74) is -1.25. The van der Waals surface area contributed by atoms with E-state index < -0.39 is 41.0 Å². The third-order valence-corrected chi connectivity index (χ3v) is 8.47. The molecule has 5 rings (SSSR count). The maximum absolute atomic E-state index is 13.7. The molecule has 1 aliphatic rings. The first-order valence-corrected chi connectivity index (χ1v) is 15.2. The molecule has 244 valence electrons. The molecular formula is C31H29F6N5O3S. The van der Waals surface area contributed by atoms with Crippen LogP contribution in [0.4, 0.5) is 26.3 Å². The third kappa shape index (κ3) is 6.73. The minimum absolute atomic E-state index is 0.0174. The third-order valence-electron chi connectivity index (χ3n) is 7.66. The summed E-state index contributed by atoms with van der Waals surface area (Å²) in [7, 11) is 1.58. The largest absolute Gasteiger partial charge is 0.497 e. The van der Waals surface area contributed by atoms with Crippen LogP contribution in [0.5, 0.6) is 5.75 Å². The number of nitrogens with zero attached hydrogens (tertiary/aromatic N) is 5. The second-order valence-electron chi connectivity index (χ2n) is 10.8. The van der Waals surface area contributed by atoms with Gasteiger partial charge in [0.1, 0.15) is 5.75 Å². The molecule has 1 atom stereocenters. The molecule has 0 bridgehead atoms. The van der Waals surface area contributed by atoms with Gasteiger partial charge in [-0.15, -0.1) is 11.3 Å². The topological polar surface area (TPSA) is 80.6 Å². The number of amides is 2. The van der Waals surface area contributed by atoms with E-state index in [4.69, 9.17) is 9.72 Å². The summed E-state index contributed by atoms with van der Waals surface area (Å²) in [4.78, 5) is 34.3. The maximum atomic E-state index is 13.7. The van der Waals surface area contributed by atoms with Crippen molar-refractivity contribution in [2.45, 2.75) is 45.1 Å². The molecule has 0 aliphatic carbocycles. The van der Waals surface area contributed by atoms with E-state index in [1.807, 2.05) is 36.6 Å². The van der Waals surface area contributed by atoms with E-state index in [-0.39, 0.29) is 31.6 Å². The van der Waals surface area contributed by atoms with Crippen LogP contribution < -0.4 is 4.74 Å². The molecule has 1 saturated heterocycles. The van der Waals surface area contributed by atoms with Gasteiger partial charge in [0.25, 0.3) is 11.8 Å². The van der Waals surface area contributed by atoms with Crippen molar-refractivity contribution in [1.82, 2.24) is 24.6 Å². The highest BCUT2D eigenvalue weighted by Gasteiger charge is 2.39. The van der Waals surface area contributed by atoms with Crippen LogP contribution in [-0.2, 0) is 18.8 Å². The zero-order valence-electron chi connectivity index (χ0n) is 24.9. The lowest BCUT2D eigenvalue weighted by atomic mass is 10.0. The number of piperazine rings is 1. The Morgan fingerprint density at radius 1 is 0.978 bits per heavy atom. The molecule has 3 heterocycles. The Balaban J connectivity index is 1.35. The van der Waals surface area contributed by atoms with Crippen LogP contribution in [0.25, 0.3) is 16.4 Å². The molecule has 2 aromatic carbocycles. The van der Waals surface area contributed by atoms with Crippen LogP contribution in [0.15, 0.2) is 54.0 Å². The summed E-state index contributed by atoms with van der Waals surface area (Å²) in [5.74, 6) is -0.614. The van der Waals surface area contributed by atoms with Crippen LogP contribution in [0.1, 0.15) is 57.8 Å². The Morgan fingerprint density at radius 3 is 2.20 bits per heavy atom. The zero-order chi connectivity index (χ0) is 33.4. The summed E-state index contributed by atoms with van der Waals surface area (Å²) in [6.45, 7) is 3.50. The van der Waals surface area contributed by atoms with Gasteiger partial charge in [0.05, 0.1) is 41.4 Å². The monoisotopic (exact) mass is 665 g/mol. The lowest BCUT2D eigenvalue weighted by Crippen LogP contribution is -2.55. The maximum Gasteiger partial charge on any atom is 0.416 e. The smallest absolute Gasteiger partial charge is 0.416 e. The second kappa shape index (κ2) is 12.8. The van der Waals surface area contributed by atoms with Crippen molar-refractivity contribution in [2.75, 3.05) is 26.7 Å². The average molecular weight is 666 g/mol. The summed E-state index contributed by atoms with van der Waals surface area (Å²) >= 11 is 1.36. The second-order valence-corrected chi connectivity index (χ2v) is 11.6. The minimum atomic E-state index is -5.08. The number of alkyl halides is 6. The van der Waals surface area contributed by atoms with E-state index in [1.165, 1.54) is 27.3 Å². The van der Waals surface area contributed by atoms with Gasteiger partial charge >= 0.3 is 12.4 Å². The van der Waals surface area contributed by atoms with Crippen molar-refractivity contribution in [3.63, 3.8) is 0 Å². The SMILES string of the molecule is CCCc1c(C(=O)N2CCN(C(=O)c3cc(C(F)(F)F)cc(C(F)(F)F)c3)C(C)C2)cnn1-c1nc(-c2ccc(OC)cc2)cs1. The zero-order valence-corrected chi connectivity index (χ0v) is 25.8. The fraction of sp³-hybridized carbons (Fsp3) is 0.355. The van der Waals surface area contributed by atoms with E-state index in [9.17, 15) is 35.9 Å². The van der Waals surface area contributed by atoms with Crippen LogP contribution >= 0.6 is 11.3 Å². The standard InChI is InChI=1S/C31H29F6N5O3S/c1-4-5-26-24(15-38-42(26)29-39-25(17-46-29)19-6-8-23(45-3)9-7-19)28(44)40-10-11-41(18(2)16-40)27(43)20-12-21(30(32,33)34)14-22(13-20)31(35,36)37/h6-9,12-15,17-18H,4-5,10-11,16H2,1-3H3. The van der Waals surface area contributed by atoms with E-state index in [2.05, 4.69) is 5.10 Å². The number of hydrogen-bond acceptors (Lipinski definition) is 6. The molecule has 46 heavy (non-hydrogen) atoms. The van der Waals surface area contributed by atoms with Crippen molar-refractivity contribution in [3.05, 3.63) is 82.0 Å². The van der Waals surface area contributed by atoms with Crippen LogP contribution in [-0.4, -0.2) is 69.2 Å². The van der Waals surface area contributed by atoms with E-state index >= 15 is 0 Å². The van der Waals surface area contributed by atoms with Gasteiger partial charge in [-0.25, -0.2) is 9.67 Å². The van der Waals surface area contributed by atoms with Crippen molar-refractivity contribution in [2.24, 2.45) is 0 Å². The summed E-state index contributed by atoms with van der Waals surface area (Å²) < 4.78 is 87.1. The summed E-state index contributed by atoms with van der Waals surface area (Å²) in [6, 6.07) is 7.57. The van der Waals surface area contributed by atoms with Gasteiger partial charge in [0.2, 0.25) is 5.13 Å². The Bertz CT molecular complexity index is 1700. The first kappa shape index (κ1) is 33.0. The highest BCUT2D eigenvalue weighted by Crippen LogP contribution is 2.37. The highest BCUT2D eigenvalue weighted by atomic mass is 32.1. The molecule has 8 nitrogen and oxygen atoms in total. The summed E-state index contributed by atoms with van der Waals surface area (Å²) in [5, 5.41) is 6.91. The fourth-order valence-electron chi connectivity index (χ4n) is 5.31. The molecule has 1 fully saturated rings. The minimum Gasteiger partial charge on any atom is -0.497 e. The van der Waals surface area contributed by atoms with Gasteiger partial charge < -0.3 is 14.5 Å². The summed E-state index contributed by atoms with van der Waals surface area (Å²) in [6.07, 6.45) is -7.47. The number of benzene rings is 2. The molecule has 2 amide bonds. The number of halogens is 6. The number of hydrogen-bond donors (Lipinski definition) is 0. The Kier molecular flexibility index (Phi) is 9.16. The van der Waals surface area contributed by atoms with Gasteiger partial charge in [-0.2, -0.15) is 31.4 Å². The van der Waals surface area contributed by atoms with E-state index in [1.54, 1.807) is 18.7 Å². The molecule has 0 spiro atoms. The lowest BCUT2D eigenvalue weighted by Gasteiger charge is -2.40. The Morgan fingerprint density at radius 2 is 1.63 bits per heavy atom. The predicted molar refractivity (Wildman–Crippen MR) is 158 cm³/mol. The molecule has 15 heteroatoms. The molecule has 1 unspecified atom stereocenters. The van der Waals surface area contributed by atoms with Crippen molar-refractivity contribution in [3.8, 4) is 22.1 Å². The normalized spacial score (nSPS) is 15.7. The Labute approximate surface area is 264 Å². The van der Waals surface area contributed by atoms with Gasteiger partial charge in [0.15, 0.2) is 0 Å². The molecule has 0 N–H and O–H groups in total. The van der Waals surface area contributed by atoms with Crippen molar-refractivity contribution < 1.29 is 40.7 Å². The molecule has 2 aromatic heterocycles. The number of rotatable bonds is 7. The number of carbonyl (C=O) groups excluding carboxylic acids is 2.